The van der Waals surface area contributed by atoms with Crippen molar-refractivity contribution < 1.29 is 23.1 Å². The van der Waals surface area contributed by atoms with Gasteiger partial charge in [-0.25, -0.2) is 8.42 Å². The Morgan fingerprint density at radius 1 is 1.57 bits per heavy atom. The molecule has 0 heterocycles. The monoisotopic (exact) mass is 375 g/mol. The molecule has 0 aromatic heterocycles. The number of terminal acetylenes is 1. The molecule has 0 aliphatic rings. The van der Waals surface area contributed by atoms with Gasteiger partial charge < -0.3 is 9.84 Å². The average molecular weight is 376 g/mol. The standard InChI is InChI=1S/C13H14BrNO5S/c1-3-5-10(13(16)17)15-21(18,19)12-8-9(14)6-7-11(12)20-4-2/h1,6-8,10,15H,4-5H2,2H3,(H,16,17). The zero-order valence-electron chi connectivity index (χ0n) is 11.2. The average Bonchev–Trinajstić information content (AvgIpc) is 2.40. The third-order valence-corrected chi connectivity index (χ3v) is 4.40. The van der Waals surface area contributed by atoms with Crippen LogP contribution < -0.4 is 9.46 Å². The maximum atomic E-state index is 12.3. The molecule has 1 aromatic carbocycles. The molecule has 0 fully saturated rings. The zero-order valence-corrected chi connectivity index (χ0v) is 13.6. The van der Waals surface area contributed by atoms with E-state index in [2.05, 4.69) is 26.6 Å². The minimum atomic E-state index is -4.08. The van der Waals surface area contributed by atoms with E-state index in [4.69, 9.17) is 16.3 Å². The highest BCUT2D eigenvalue weighted by Crippen LogP contribution is 2.27. The van der Waals surface area contributed by atoms with Crippen LogP contribution in [0.4, 0.5) is 0 Å². The number of benzene rings is 1. The predicted octanol–water partition coefficient (Wildman–Crippen LogP) is 1.60. The number of aliphatic carboxylic acids is 1. The number of nitrogens with one attached hydrogen (secondary N) is 1. The summed E-state index contributed by atoms with van der Waals surface area (Å²) < 4.78 is 32.5. The van der Waals surface area contributed by atoms with Gasteiger partial charge in [0, 0.05) is 10.9 Å². The quantitative estimate of drug-likeness (QED) is 0.706. The SMILES string of the molecule is C#CCC(NS(=O)(=O)c1cc(Br)ccc1OCC)C(=O)O. The summed E-state index contributed by atoms with van der Waals surface area (Å²) in [4.78, 5) is 10.9. The van der Waals surface area contributed by atoms with Gasteiger partial charge in [0.15, 0.2) is 0 Å². The van der Waals surface area contributed by atoms with E-state index in [1.807, 2.05) is 0 Å². The normalized spacial score (nSPS) is 12.4. The molecule has 0 saturated carbocycles. The molecule has 0 saturated heterocycles. The van der Waals surface area contributed by atoms with Gasteiger partial charge in [0.1, 0.15) is 16.7 Å². The Balaban J connectivity index is 3.21. The Hall–Kier alpha value is -1.56. The van der Waals surface area contributed by atoms with Crippen LogP contribution in [-0.4, -0.2) is 32.1 Å². The van der Waals surface area contributed by atoms with E-state index in [9.17, 15) is 13.2 Å². The van der Waals surface area contributed by atoms with Crippen LogP contribution in [0.2, 0.25) is 0 Å². The molecule has 0 radical (unpaired) electrons. The fraction of sp³-hybridized carbons (Fsp3) is 0.308. The van der Waals surface area contributed by atoms with Crippen molar-refractivity contribution in [2.24, 2.45) is 0 Å². The Morgan fingerprint density at radius 3 is 2.76 bits per heavy atom. The molecule has 0 bridgehead atoms. The summed E-state index contributed by atoms with van der Waals surface area (Å²) in [5, 5.41) is 8.98. The number of carboxylic acid groups (broad SMARTS) is 1. The molecule has 21 heavy (non-hydrogen) atoms. The van der Waals surface area contributed by atoms with Crippen molar-refractivity contribution in [2.75, 3.05) is 6.61 Å². The molecule has 1 unspecified atom stereocenters. The second kappa shape index (κ2) is 7.45. The molecule has 0 aliphatic heterocycles. The second-order valence-electron chi connectivity index (χ2n) is 3.94. The lowest BCUT2D eigenvalue weighted by Gasteiger charge is -2.15. The molecule has 0 amide bonds. The molecule has 0 aliphatic carbocycles. The number of carboxylic acids is 1. The summed E-state index contributed by atoms with van der Waals surface area (Å²) in [6, 6.07) is 3.05. The van der Waals surface area contributed by atoms with Crippen molar-refractivity contribution in [2.45, 2.75) is 24.3 Å². The second-order valence-corrected chi connectivity index (χ2v) is 6.54. The lowest BCUT2D eigenvalue weighted by Crippen LogP contribution is -2.40. The van der Waals surface area contributed by atoms with Gasteiger partial charge in [-0.2, -0.15) is 4.72 Å². The van der Waals surface area contributed by atoms with Crippen LogP contribution in [0.5, 0.6) is 5.75 Å². The largest absolute Gasteiger partial charge is 0.492 e. The minimum Gasteiger partial charge on any atom is -0.492 e. The van der Waals surface area contributed by atoms with Gasteiger partial charge in [0.25, 0.3) is 0 Å². The van der Waals surface area contributed by atoms with Crippen LogP contribution in [0.1, 0.15) is 13.3 Å². The number of hydrogen-bond acceptors (Lipinski definition) is 4. The molecule has 1 atom stereocenters. The number of ether oxygens (including phenoxy) is 1. The molecule has 0 spiro atoms. The Kier molecular flexibility index (Phi) is 6.20. The van der Waals surface area contributed by atoms with Crippen LogP contribution in [0.25, 0.3) is 0 Å². The summed E-state index contributed by atoms with van der Waals surface area (Å²) in [6.07, 6.45) is 4.79. The number of halogens is 1. The molecule has 6 nitrogen and oxygen atoms in total. The Morgan fingerprint density at radius 2 is 2.24 bits per heavy atom. The van der Waals surface area contributed by atoms with E-state index in [1.54, 1.807) is 13.0 Å². The van der Waals surface area contributed by atoms with Crippen LogP contribution in [0.15, 0.2) is 27.6 Å². The van der Waals surface area contributed by atoms with Crippen molar-refractivity contribution in [3.05, 3.63) is 22.7 Å². The number of hydrogen-bond donors (Lipinski definition) is 2. The molecule has 1 aromatic rings. The van der Waals surface area contributed by atoms with Gasteiger partial charge in [-0.15, -0.1) is 12.3 Å². The van der Waals surface area contributed by atoms with E-state index in [0.717, 1.165) is 0 Å². The van der Waals surface area contributed by atoms with Gasteiger partial charge in [-0.3, -0.25) is 4.79 Å². The van der Waals surface area contributed by atoms with E-state index in [1.165, 1.54) is 12.1 Å². The zero-order chi connectivity index (χ0) is 16.0. The lowest BCUT2D eigenvalue weighted by atomic mass is 10.2. The van der Waals surface area contributed by atoms with Gasteiger partial charge in [-0.05, 0) is 25.1 Å². The highest BCUT2D eigenvalue weighted by molar-refractivity contribution is 9.10. The molecule has 8 heteroatoms. The van der Waals surface area contributed by atoms with Crippen LogP contribution in [0, 0.1) is 12.3 Å². The van der Waals surface area contributed by atoms with Gasteiger partial charge in [0.05, 0.1) is 6.61 Å². The van der Waals surface area contributed by atoms with Crippen molar-refractivity contribution in [3.63, 3.8) is 0 Å². The van der Waals surface area contributed by atoms with E-state index in [-0.39, 0.29) is 23.7 Å². The molecular weight excluding hydrogens is 362 g/mol. The lowest BCUT2D eigenvalue weighted by molar-refractivity contribution is -0.138. The van der Waals surface area contributed by atoms with Crippen molar-refractivity contribution >= 4 is 31.9 Å². The fourth-order valence-corrected chi connectivity index (χ4v) is 3.39. The van der Waals surface area contributed by atoms with Gasteiger partial charge >= 0.3 is 5.97 Å². The first-order valence-corrected chi connectivity index (χ1v) is 8.20. The highest BCUT2D eigenvalue weighted by Gasteiger charge is 2.27. The summed E-state index contributed by atoms with van der Waals surface area (Å²) in [6.45, 7) is 1.99. The summed E-state index contributed by atoms with van der Waals surface area (Å²) in [5.41, 5.74) is 0. The van der Waals surface area contributed by atoms with Crippen molar-refractivity contribution in [3.8, 4) is 18.1 Å². The fourth-order valence-electron chi connectivity index (χ4n) is 1.51. The molecule has 2 N–H and O–H groups in total. The van der Waals surface area contributed by atoms with E-state index >= 15 is 0 Å². The van der Waals surface area contributed by atoms with Crippen LogP contribution in [-0.2, 0) is 14.8 Å². The summed E-state index contributed by atoms with van der Waals surface area (Å²) >= 11 is 3.17. The molecular formula is C13H14BrNO5S. The highest BCUT2D eigenvalue weighted by atomic mass is 79.9. The Bertz CT molecular complexity index is 666. The number of rotatable bonds is 7. The number of sulfonamides is 1. The minimum absolute atomic E-state index is 0.137. The smallest absolute Gasteiger partial charge is 0.322 e. The van der Waals surface area contributed by atoms with Gasteiger partial charge in [0.2, 0.25) is 10.0 Å². The first kappa shape index (κ1) is 17.5. The third kappa shape index (κ3) is 4.74. The Labute approximate surface area is 131 Å². The molecule has 1 rings (SSSR count). The summed E-state index contributed by atoms with van der Waals surface area (Å²) in [7, 11) is -4.08. The van der Waals surface area contributed by atoms with Crippen LogP contribution >= 0.6 is 15.9 Å². The third-order valence-electron chi connectivity index (χ3n) is 2.41. The maximum Gasteiger partial charge on any atom is 0.322 e. The molecule has 114 valence electrons. The van der Waals surface area contributed by atoms with E-state index < -0.39 is 22.0 Å². The van der Waals surface area contributed by atoms with Crippen molar-refractivity contribution in [1.82, 2.24) is 4.72 Å². The number of carbonyl (C=O) groups is 1. The first-order valence-electron chi connectivity index (χ1n) is 5.92. The summed E-state index contributed by atoms with van der Waals surface area (Å²) in [5.74, 6) is 0.920. The topological polar surface area (TPSA) is 92.7 Å². The first-order chi connectivity index (χ1) is 9.81. The van der Waals surface area contributed by atoms with Crippen molar-refractivity contribution in [1.29, 1.82) is 0 Å². The van der Waals surface area contributed by atoms with E-state index in [0.29, 0.717) is 4.47 Å². The maximum absolute atomic E-state index is 12.3. The predicted molar refractivity (Wildman–Crippen MR) is 80.5 cm³/mol. The van der Waals surface area contributed by atoms with Crippen LogP contribution in [0.3, 0.4) is 0 Å². The van der Waals surface area contributed by atoms with Gasteiger partial charge in [-0.1, -0.05) is 15.9 Å².